The summed E-state index contributed by atoms with van der Waals surface area (Å²) >= 11 is 9.05. The van der Waals surface area contributed by atoms with Gasteiger partial charge in [0.1, 0.15) is 0 Å². The Labute approximate surface area is 95.1 Å². The van der Waals surface area contributed by atoms with E-state index in [2.05, 4.69) is 26.1 Å². The predicted molar refractivity (Wildman–Crippen MR) is 60.2 cm³/mol. The minimum atomic E-state index is 0.406. The third-order valence-corrected chi connectivity index (χ3v) is 2.45. The predicted octanol–water partition coefficient (Wildman–Crippen LogP) is 3.56. The summed E-state index contributed by atoms with van der Waals surface area (Å²) in [6.45, 7) is 0. The maximum Gasteiger partial charge on any atom is 0.151 e. The van der Waals surface area contributed by atoms with Crippen molar-refractivity contribution in [1.82, 2.24) is 10.2 Å². The van der Waals surface area contributed by atoms with Gasteiger partial charge in [-0.3, -0.25) is 0 Å². The largest absolute Gasteiger partial charge is 0.151 e. The molecule has 1 heterocycles. The molecule has 14 heavy (non-hydrogen) atoms. The third-order valence-electron chi connectivity index (χ3n) is 1.75. The molecule has 0 aliphatic carbocycles. The minimum absolute atomic E-state index is 0.406. The van der Waals surface area contributed by atoms with Crippen LogP contribution in [0.5, 0.6) is 0 Å². The van der Waals surface area contributed by atoms with Crippen molar-refractivity contribution in [3.63, 3.8) is 0 Å². The van der Waals surface area contributed by atoms with E-state index >= 15 is 0 Å². The molecule has 0 atom stereocenters. The Morgan fingerprint density at radius 1 is 1.07 bits per heavy atom. The van der Waals surface area contributed by atoms with E-state index in [1.807, 2.05) is 30.3 Å². The summed E-state index contributed by atoms with van der Waals surface area (Å²) in [6, 6.07) is 11.4. The lowest BCUT2D eigenvalue weighted by atomic mass is 10.1. The summed E-state index contributed by atoms with van der Waals surface area (Å²) in [6.07, 6.45) is 0. The van der Waals surface area contributed by atoms with Crippen molar-refractivity contribution in [1.29, 1.82) is 0 Å². The molecule has 0 fully saturated rings. The fourth-order valence-electron chi connectivity index (χ4n) is 1.12. The first-order valence-electron chi connectivity index (χ1n) is 4.01. The van der Waals surface area contributed by atoms with Crippen LogP contribution in [-0.4, -0.2) is 10.2 Å². The maximum atomic E-state index is 5.65. The van der Waals surface area contributed by atoms with Crippen LogP contribution in [0, 0.1) is 0 Å². The highest BCUT2D eigenvalue weighted by atomic mass is 79.9. The van der Waals surface area contributed by atoms with Gasteiger partial charge >= 0.3 is 0 Å². The van der Waals surface area contributed by atoms with Gasteiger partial charge in [0, 0.05) is 10.0 Å². The second-order valence-electron chi connectivity index (χ2n) is 2.75. The Hall–Kier alpha value is -0.930. The third kappa shape index (κ3) is 2.11. The summed E-state index contributed by atoms with van der Waals surface area (Å²) in [5.74, 6) is 0. The summed E-state index contributed by atoms with van der Waals surface area (Å²) in [7, 11) is 0. The molecule has 0 spiro atoms. The number of rotatable bonds is 1. The number of nitrogens with zero attached hydrogens (tertiary/aromatic N) is 2. The molecule has 0 N–H and O–H groups in total. The van der Waals surface area contributed by atoms with E-state index in [9.17, 15) is 0 Å². The Bertz CT molecular complexity index is 442. The minimum Gasteiger partial charge on any atom is -0.149 e. The van der Waals surface area contributed by atoms with Crippen LogP contribution in [0.25, 0.3) is 11.3 Å². The van der Waals surface area contributed by atoms with E-state index in [1.54, 1.807) is 6.07 Å². The SMILES string of the molecule is Clc1ccc(-c2cccc(Br)c2)nn1. The van der Waals surface area contributed by atoms with Gasteiger partial charge < -0.3 is 0 Å². The monoisotopic (exact) mass is 268 g/mol. The summed E-state index contributed by atoms with van der Waals surface area (Å²) in [5, 5.41) is 8.18. The van der Waals surface area contributed by atoms with Gasteiger partial charge in [0.25, 0.3) is 0 Å². The number of halogens is 2. The van der Waals surface area contributed by atoms with Crippen molar-refractivity contribution >= 4 is 27.5 Å². The molecule has 0 amide bonds. The highest BCUT2D eigenvalue weighted by Crippen LogP contribution is 2.20. The molecule has 0 aliphatic rings. The van der Waals surface area contributed by atoms with Crippen LogP contribution < -0.4 is 0 Å². The van der Waals surface area contributed by atoms with Crippen LogP contribution in [0.3, 0.4) is 0 Å². The maximum absolute atomic E-state index is 5.65. The fraction of sp³-hybridized carbons (Fsp3) is 0. The van der Waals surface area contributed by atoms with Crippen molar-refractivity contribution in [3.8, 4) is 11.3 Å². The van der Waals surface area contributed by atoms with E-state index < -0.39 is 0 Å². The normalized spacial score (nSPS) is 10.1. The second-order valence-corrected chi connectivity index (χ2v) is 4.05. The molecular formula is C10H6BrClN2. The molecule has 1 aromatic heterocycles. The molecule has 2 nitrogen and oxygen atoms in total. The first-order valence-corrected chi connectivity index (χ1v) is 5.18. The quantitative estimate of drug-likeness (QED) is 0.791. The fourth-order valence-corrected chi connectivity index (χ4v) is 1.62. The topological polar surface area (TPSA) is 25.8 Å². The van der Waals surface area contributed by atoms with Crippen molar-refractivity contribution in [3.05, 3.63) is 46.0 Å². The van der Waals surface area contributed by atoms with E-state index in [0.29, 0.717) is 5.15 Å². The summed E-state index contributed by atoms with van der Waals surface area (Å²) < 4.78 is 1.02. The molecular weight excluding hydrogens is 263 g/mol. The summed E-state index contributed by atoms with van der Waals surface area (Å²) in [4.78, 5) is 0. The van der Waals surface area contributed by atoms with Gasteiger partial charge in [-0.15, -0.1) is 10.2 Å². The molecule has 4 heteroatoms. The van der Waals surface area contributed by atoms with Gasteiger partial charge in [-0.2, -0.15) is 0 Å². The second kappa shape index (κ2) is 4.07. The number of benzene rings is 1. The summed E-state index contributed by atoms with van der Waals surface area (Å²) in [5.41, 5.74) is 1.83. The number of aromatic nitrogens is 2. The number of hydrogen-bond acceptors (Lipinski definition) is 2. The standard InChI is InChI=1S/C10H6BrClN2/c11-8-3-1-2-7(6-8)9-4-5-10(12)14-13-9/h1-6H. The number of hydrogen-bond donors (Lipinski definition) is 0. The lowest BCUT2D eigenvalue weighted by Gasteiger charge is -1.99. The van der Waals surface area contributed by atoms with Crippen LogP contribution in [0.2, 0.25) is 5.15 Å². The van der Waals surface area contributed by atoms with Crippen molar-refractivity contribution < 1.29 is 0 Å². The van der Waals surface area contributed by atoms with Gasteiger partial charge in [-0.1, -0.05) is 39.7 Å². The van der Waals surface area contributed by atoms with Crippen LogP contribution in [0.1, 0.15) is 0 Å². The Morgan fingerprint density at radius 2 is 1.93 bits per heavy atom. The van der Waals surface area contributed by atoms with Gasteiger partial charge in [-0.05, 0) is 24.3 Å². The average molecular weight is 270 g/mol. The molecule has 0 bridgehead atoms. The lowest BCUT2D eigenvalue weighted by molar-refractivity contribution is 1.04. The van der Waals surface area contributed by atoms with Crippen LogP contribution in [0.4, 0.5) is 0 Å². The highest BCUT2D eigenvalue weighted by Gasteiger charge is 1.99. The molecule has 2 rings (SSSR count). The van der Waals surface area contributed by atoms with E-state index in [-0.39, 0.29) is 0 Å². The van der Waals surface area contributed by atoms with Crippen molar-refractivity contribution in [2.45, 2.75) is 0 Å². The first-order chi connectivity index (χ1) is 6.75. The Balaban J connectivity index is 2.44. The molecule has 70 valence electrons. The Morgan fingerprint density at radius 3 is 2.57 bits per heavy atom. The van der Waals surface area contributed by atoms with Crippen molar-refractivity contribution in [2.24, 2.45) is 0 Å². The molecule has 0 radical (unpaired) electrons. The van der Waals surface area contributed by atoms with Crippen LogP contribution in [-0.2, 0) is 0 Å². The van der Waals surface area contributed by atoms with Crippen LogP contribution >= 0.6 is 27.5 Å². The molecule has 1 aromatic carbocycles. The molecule has 2 aromatic rings. The highest BCUT2D eigenvalue weighted by molar-refractivity contribution is 9.10. The smallest absolute Gasteiger partial charge is 0.149 e. The zero-order valence-electron chi connectivity index (χ0n) is 7.11. The van der Waals surface area contributed by atoms with Crippen LogP contribution in [0.15, 0.2) is 40.9 Å². The molecule has 0 unspecified atom stereocenters. The van der Waals surface area contributed by atoms with Gasteiger partial charge in [0.2, 0.25) is 0 Å². The van der Waals surface area contributed by atoms with Gasteiger partial charge in [0.15, 0.2) is 5.15 Å². The van der Waals surface area contributed by atoms with Gasteiger partial charge in [-0.25, -0.2) is 0 Å². The van der Waals surface area contributed by atoms with Gasteiger partial charge in [0.05, 0.1) is 5.69 Å². The molecule has 0 aliphatic heterocycles. The van der Waals surface area contributed by atoms with Crippen molar-refractivity contribution in [2.75, 3.05) is 0 Å². The lowest BCUT2D eigenvalue weighted by Crippen LogP contribution is -1.86. The van der Waals surface area contributed by atoms with E-state index in [4.69, 9.17) is 11.6 Å². The Kier molecular flexibility index (Phi) is 2.79. The molecule has 0 saturated heterocycles. The average Bonchev–Trinajstić information content (AvgIpc) is 2.19. The zero-order valence-corrected chi connectivity index (χ0v) is 9.46. The zero-order chi connectivity index (χ0) is 9.97. The van der Waals surface area contributed by atoms with E-state index in [0.717, 1.165) is 15.7 Å². The first kappa shape index (κ1) is 9.62. The molecule has 0 saturated carbocycles. The van der Waals surface area contributed by atoms with E-state index in [1.165, 1.54) is 0 Å².